The lowest BCUT2D eigenvalue weighted by molar-refractivity contribution is -0.145. The number of rotatable bonds is 11. The monoisotopic (exact) mass is 837 g/mol. The Labute approximate surface area is 237 Å². The van der Waals surface area contributed by atoms with Crippen molar-refractivity contribution in [2.75, 3.05) is 18.6 Å². The molecule has 0 spiro atoms. The van der Waals surface area contributed by atoms with Crippen molar-refractivity contribution in [3.8, 4) is 0 Å². The summed E-state index contributed by atoms with van der Waals surface area (Å²) in [7, 11) is 1.10. The summed E-state index contributed by atoms with van der Waals surface area (Å²) in [6.07, 6.45) is -9.61. The fourth-order valence-corrected chi connectivity index (χ4v) is 7.19. The number of aliphatic hydroxyl groups is 4. The van der Waals surface area contributed by atoms with Crippen LogP contribution in [0.15, 0.2) is 0 Å². The molecule has 9 N–H and O–H groups in total. The van der Waals surface area contributed by atoms with E-state index in [1.165, 1.54) is 67.8 Å². The van der Waals surface area contributed by atoms with Gasteiger partial charge in [0.25, 0.3) is 17.7 Å². The number of primary amides is 1. The number of aromatic carboxylic acids is 2. The number of nitrogens with one attached hydrogen (secondary N) is 1. The number of hydrogen-bond acceptors (Lipinski definition) is 10. The summed E-state index contributed by atoms with van der Waals surface area (Å²) < 4.78 is 4.12. The van der Waals surface area contributed by atoms with Crippen LogP contribution in [0.4, 0.5) is 5.69 Å². The third-order valence-corrected chi connectivity index (χ3v) is 7.37. The molecule has 0 radical (unpaired) electrons. The van der Waals surface area contributed by atoms with Gasteiger partial charge >= 0.3 is 11.9 Å². The van der Waals surface area contributed by atoms with Gasteiger partial charge in [-0.3, -0.25) is 19.3 Å². The fourth-order valence-electron chi connectivity index (χ4n) is 2.58. The first-order chi connectivity index (χ1) is 16.1. The standard InChI is InChI=1S/C17H18I3N3O12/c1-35-2-3(24)23(15(30)11(26)14(29)22-13(28)10(25)12(21)27)9-7(19)4(16(31)32)6(18)5(8(9)20)17(33)34/h10-11,13,15,25-26,28,30H,2H2,1H3,(H2,21,27)(H,22,29)(H,31,32)(H,33,34). The third kappa shape index (κ3) is 7.07. The molecule has 0 aliphatic heterocycles. The van der Waals surface area contributed by atoms with Gasteiger partial charge in [0.15, 0.2) is 24.7 Å². The molecule has 0 heterocycles. The summed E-state index contributed by atoms with van der Waals surface area (Å²) in [6.45, 7) is -0.753. The highest BCUT2D eigenvalue weighted by atomic mass is 127. The lowest BCUT2D eigenvalue weighted by Crippen LogP contribution is -2.58. The number of methoxy groups -OCH3 is 1. The number of aliphatic hydroxyl groups excluding tert-OH is 4. The van der Waals surface area contributed by atoms with Crippen LogP contribution in [-0.4, -0.2) is 98.7 Å². The molecular formula is C17H18I3N3O12. The zero-order valence-corrected chi connectivity index (χ0v) is 23.8. The van der Waals surface area contributed by atoms with Crippen LogP contribution >= 0.6 is 67.8 Å². The molecule has 1 rings (SSSR count). The first-order valence-electron chi connectivity index (χ1n) is 8.89. The van der Waals surface area contributed by atoms with Crippen molar-refractivity contribution >= 4 is 103 Å². The number of benzene rings is 1. The first kappa shape index (κ1) is 31.6. The minimum absolute atomic E-state index is 0.185. The maximum absolute atomic E-state index is 12.8. The summed E-state index contributed by atoms with van der Waals surface area (Å²) in [5, 5.41) is 61.0. The molecule has 0 saturated heterocycles. The summed E-state index contributed by atoms with van der Waals surface area (Å²) >= 11 is 4.50. The molecule has 3 amide bonds. The molecule has 18 heteroatoms. The first-order valence-corrected chi connectivity index (χ1v) is 12.1. The van der Waals surface area contributed by atoms with Gasteiger partial charge < -0.3 is 46.4 Å². The average Bonchev–Trinajstić information content (AvgIpc) is 2.74. The molecule has 0 bridgehead atoms. The van der Waals surface area contributed by atoms with Crippen LogP contribution in [0.3, 0.4) is 0 Å². The number of carbonyl (C=O) groups is 5. The van der Waals surface area contributed by atoms with E-state index < -0.39 is 77.7 Å². The van der Waals surface area contributed by atoms with Crippen molar-refractivity contribution in [1.82, 2.24) is 5.32 Å². The minimum Gasteiger partial charge on any atom is -0.478 e. The van der Waals surface area contributed by atoms with Crippen LogP contribution in [0.25, 0.3) is 0 Å². The zero-order chi connectivity index (χ0) is 27.4. The van der Waals surface area contributed by atoms with Crippen molar-refractivity contribution in [2.24, 2.45) is 5.73 Å². The number of carboxylic acids is 2. The Balaban J connectivity index is 3.71. The van der Waals surface area contributed by atoms with E-state index >= 15 is 0 Å². The molecular weight excluding hydrogens is 819 g/mol. The summed E-state index contributed by atoms with van der Waals surface area (Å²) in [6, 6.07) is 0. The Morgan fingerprint density at radius 3 is 1.74 bits per heavy atom. The van der Waals surface area contributed by atoms with Gasteiger partial charge in [-0.2, -0.15) is 0 Å². The van der Waals surface area contributed by atoms with E-state index in [2.05, 4.69) is 0 Å². The lowest BCUT2D eigenvalue weighted by Gasteiger charge is -2.33. The minimum atomic E-state index is -2.56. The number of amides is 3. The van der Waals surface area contributed by atoms with Crippen LogP contribution in [-0.2, 0) is 19.1 Å². The Morgan fingerprint density at radius 2 is 1.37 bits per heavy atom. The summed E-state index contributed by atoms with van der Waals surface area (Å²) in [5.41, 5.74) is 3.28. The van der Waals surface area contributed by atoms with Crippen LogP contribution in [0.1, 0.15) is 20.7 Å². The Morgan fingerprint density at radius 1 is 0.914 bits per heavy atom. The van der Waals surface area contributed by atoms with Crippen molar-refractivity contribution in [3.63, 3.8) is 0 Å². The number of hydrogen-bond donors (Lipinski definition) is 8. The number of carboxylic acid groups (broad SMARTS) is 2. The molecule has 0 aliphatic rings. The predicted molar refractivity (Wildman–Crippen MR) is 139 cm³/mol. The second-order valence-corrected chi connectivity index (χ2v) is 9.74. The molecule has 0 saturated carbocycles. The van der Waals surface area contributed by atoms with E-state index in [0.717, 1.165) is 7.11 Å². The Kier molecular flexibility index (Phi) is 11.9. The van der Waals surface area contributed by atoms with Crippen LogP contribution in [0.2, 0.25) is 0 Å². The van der Waals surface area contributed by atoms with Crippen LogP contribution in [0, 0.1) is 10.7 Å². The highest BCUT2D eigenvalue weighted by Crippen LogP contribution is 2.39. The Hall–Kier alpha value is -1.44. The number of nitrogens with two attached hydrogens (primary N) is 1. The smallest absolute Gasteiger partial charge is 0.337 e. The molecule has 0 aliphatic carbocycles. The molecule has 15 nitrogen and oxygen atoms in total. The van der Waals surface area contributed by atoms with Crippen molar-refractivity contribution in [2.45, 2.75) is 24.7 Å². The van der Waals surface area contributed by atoms with Crippen LogP contribution in [0.5, 0.6) is 0 Å². The van der Waals surface area contributed by atoms with E-state index in [1.54, 1.807) is 5.32 Å². The largest absolute Gasteiger partial charge is 0.478 e. The van der Waals surface area contributed by atoms with E-state index in [9.17, 15) is 54.6 Å². The number of halogens is 3. The fraction of sp³-hybridized carbons (Fsp3) is 0.353. The average molecular weight is 837 g/mol. The van der Waals surface area contributed by atoms with E-state index in [0.29, 0.717) is 4.90 Å². The van der Waals surface area contributed by atoms with Gasteiger partial charge in [-0.15, -0.1) is 0 Å². The summed E-state index contributed by atoms with van der Waals surface area (Å²) in [4.78, 5) is 60.1. The van der Waals surface area contributed by atoms with Gasteiger partial charge in [-0.25, -0.2) is 9.59 Å². The van der Waals surface area contributed by atoms with E-state index in [1.807, 2.05) is 0 Å². The maximum Gasteiger partial charge on any atom is 0.337 e. The van der Waals surface area contributed by atoms with Crippen LogP contribution < -0.4 is 16.0 Å². The highest BCUT2D eigenvalue weighted by molar-refractivity contribution is 14.1. The predicted octanol–water partition coefficient (Wildman–Crippen LogP) is -2.16. The second-order valence-electron chi connectivity index (χ2n) is 6.51. The molecule has 1 aromatic carbocycles. The molecule has 4 atom stereocenters. The van der Waals surface area contributed by atoms with E-state index in [-0.39, 0.29) is 10.7 Å². The molecule has 4 unspecified atom stereocenters. The zero-order valence-electron chi connectivity index (χ0n) is 17.3. The molecule has 1 aromatic rings. The topological polar surface area (TPSA) is 257 Å². The number of nitrogens with zero attached hydrogens (tertiary/aromatic N) is 1. The SMILES string of the molecule is COCC(=O)N(c1c(I)c(C(=O)O)c(I)c(C(=O)O)c1I)C(O)C(O)C(=O)NC(O)C(O)C(N)=O. The molecule has 194 valence electrons. The van der Waals surface area contributed by atoms with Gasteiger partial charge in [0.2, 0.25) is 0 Å². The third-order valence-electron chi connectivity index (χ3n) is 4.20. The molecule has 0 aromatic heterocycles. The highest BCUT2D eigenvalue weighted by Gasteiger charge is 2.39. The molecule has 0 fully saturated rings. The number of carbonyl (C=O) groups excluding carboxylic acids is 3. The van der Waals surface area contributed by atoms with Gasteiger partial charge in [-0.05, 0) is 67.8 Å². The Bertz CT molecular complexity index is 1010. The normalized spacial score (nSPS) is 14.4. The van der Waals surface area contributed by atoms with Crippen molar-refractivity contribution in [3.05, 3.63) is 21.8 Å². The van der Waals surface area contributed by atoms with Gasteiger partial charge in [0.05, 0.1) is 24.0 Å². The quantitative estimate of drug-likeness (QED) is 0.0877. The second kappa shape index (κ2) is 13.2. The van der Waals surface area contributed by atoms with Gasteiger partial charge in [-0.1, -0.05) is 0 Å². The lowest BCUT2D eigenvalue weighted by atomic mass is 10.1. The van der Waals surface area contributed by atoms with Crippen molar-refractivity contribution < 1.29 is 59.3 Å². The van der Waals surface area contributed by atoms with E-state index in [4.69, 9.17) is 10.5 Å². The number of ether oxygens (including phenoxy) is 1. The maximum atomic E-state index is 12.8. The number of anilines is 1. The van der Waals surface area contributed by atoms with Crippen molar-refractivity contribution in [1.29, 1.82) is 0 Å². The molecule has 35 heavy (non-hydrogen) atoms. The summed E-state index contributed by atoms with van der Waals surface area (Å²) in [5.74, 6) is -7.23. The van der Waals surface area contributed by atoms with Gasteiger partial charge in [0.1, 0.15) is 6.61 Å². The van der Waals surface area contributed by atoms with Gasteiger partial charge in [0, 0.05) is 10.7 Å².